The summed E-state index contributed by atoms with van der Waals surface area (Å²) in [4.78, 5) is 26.9. The van der Waals surface area contributed by atoms with Gasteiger partial charge in [0.15, 0.2) is 0 Å². The first-order valence-electron chi connectivity index (χ1n) is 6.47. The van der Waals surface area contributed by atoms with Gasteiger partial charge in [-0.25, -0.2) is 15.2 Å². The molecule has 1 aliphatic rings. The maximum atomic E-state index is 11.9. The number of nitrogens with zero attached hydrogens (tertiary/aromatic N) is 2. The third kappa shape index (κ3) is 2.96. The van der Waals surface area contributed by atoms with Gasteiger partial charge in [0.1, 0.15) is 17.5 Å². The van der Waals surface area contributed by atoms with Crippen molar-refractivity contribution in [2.75, 3.05) is 5.32 Å². The molecule has 0 radical (unpaired) electrons. The fraction of sp³-hybridized carbons (Fsp3) is 0.143. The lowest BCUT2D eigenvalue weighted by Crippen LogP contribution is -2.37. The number of benzene rings is 1. The Balaban J connectivity index is 1.73. The number of carbonyl (C=O) groups is 2. The minimum atomic E-state index is -0.566. The number of cyclic esters (lactones) is 1. The second kappa shape index (κ2) is 5.94. The van der Waals surface area contributed by atoms with Gasteiger partial charge in [-0.15, -0.1) is 11.3 Å². The van der Waals surface area contributed by atoms with Crippen LogP contribution in [0.2, 0.25) is 0 Å². The van der Waals surface area contributed by atoms with Crippen molar-refractivity contribution in [3.05, 3.63) is 46.4 Å². The van der Waals surface area contributed by atoms with Gasteiger partial charge in [-0.2, -0.15) is 5.10 Å². The standard InChI is InChI=1S/C14H12N4O3S/c1-8-12(17-18-14(20)21-8)9-2-4-10(5-3-9)16-13(19)11-6-22-7-15-11/h2-8H,1H3,(H,16,19)(H,18,20). The Kier molecular flexibility index (Phi) is 3.84. The van der Waals surface area contributed by atoms with Crippen LogP contribution in [0.4, 0.5) is 10.5 Å². The Labute approximate surface area is 130 Å². The summed E-state index contributed by atoms with van der Waals surface area (Å²) in [6.45, 7) is 1.75. The first-order chi connectivity index (χ1) is 10.6. The molecule has 112 valence electrons. The maximum Gasteiger partial charge on any atom is 0.428 e. The fourth-order valence-corrected chi connectivity index (χ4v) is 2.51. The van der Waals surface area contributed by atoms with E-state index in [9.17, 15) is 9.59 Å². The number of hydrogen-bond acceptors (Lipinski definition) is 6. The lowest BCUT2D eigenvalue weighted by atomic mass is 10.1. The lowest BCUT2D eigenvalue weighted by molar-refractivity contribution is 0.102. The van der Waals surface area contributed by atoms with Crippen molar-refractivity contribution in [2.45, 2.75) is 13.0 Å². The summed E-state index contributed by atoms with van der Waals surface area (Å²) in [6, 6.07) is 7.11. The van der Waals surface area contributed by atoms with E-state index >= 15 is 0 Å². The molecule has 1 unspecified atom stereocenters. The van der Waals surface area contributed by atoms with E-state index in [0.29, 0.717) is 17.1 Å². The highest BCUT2D eigenvalue weighted by Gasteiger charge is 2.22. The minimum absolute atomic E-state index is 0.257. The van der Waals surface area contributed by atoms with Gasteiger partial charge in [0, 0.05) is 16.6 Å². The van der Waals surface area contributed by atoms with Gasteiger partial charge in [0.05, 0.1) is 5.51 Å². The normalized spacial score (nSPS) is 17.2. The molecule has 1 atom stereocenters. The highest BCUT2D eigenvalue weighted by atomic mass is 32.1. The summed E-state index contributed by atoms with van der Waals surface area (Å²) in [6.07, 6.45) is -0.993. The molecule has 0 aliphatic carbocycles. The minimum Gasteiger partial charge on any atom is -0.439 e. The van der Waals surface area contributed by atoms with Gasteiger partial charge < -0.3 is 10.1 Å². The quantitative estimate of drug-likeness (QED) is 0.908. The molecule has 1 aromatic carbocycles. The Morgan fingerprint density at radius 3 is 2.77 bits per heavy atom. The van der Waals surface area contributed by atoms with E-state index in [1.165, 1.54) is 11.3 Å². The molecule has 2 aromatic rings. The van der Waals surface area contributed by atoms with Crippen molar-refractivity contribution in [1.82, 2.24) is 10.4 Å². The zero-order valence-electron chi connectivity index (χ0n) is 11.6. The Morgan fingerprint density at radius 2 is 2.14 bits per heavy atom. The van der Waals surface area contributed by atoms with E-state index in [2.05, 4.69) is 20.8 Å². The maximum absolute atomic E-state index is 11.9. The molecule has 0 saturated carbocycles. The summed E-state index contributed by atoms with van der Waals surface area (Å²) in [7, 11) is 0. The topological polar surface area (TPSA) is 92.7 Å². The predicted octanol–water partition coefficient (Wildman–Crippen LogP) is 2.23. The van der Waals surface area contributed by atoms with Crippen LogP contribution >= 0.6 is 11.3 Å². The molecule has 3 rings (SSSR count). The molecule has 1 aliphatic heterocycles. The zero-order chi connectivity index (χ0) is 15.5. The second-order valence-electron chi connectivity index (χ2n) is 4.56. The molecule has 0 fully saturated rings. The average Bonchev–Trinajstić information content (AvgIpc) is 3.03. The van der Waals surface area contributed by atoms with Crippen LogP contribution < -0.4 is 10.7 Å². The van der Waals surface area contributed by atoms with Crippen molar-refractivity contribution >= 4 is 34.7 Å². The molecule has 0 bridgehead atoms. The van der Waals surface area contributed by atoms with Crippen LogP contribution in [0.1, 0.15) is 23.0 Å². The average molecular weight is 316 g/mol. The van der Waals surface area contributed by atoms with Gasteiger partial charge in [-0.05, 0) is 19.1 Å². The smallest absolute Gasteiger partial charge is 0.428 e. The number of thiazole rings is 1. The number of hydrogen-bond donors (Lipinski definition) is 2. The largest absolute Gasteiger partial charge is 0.439 e. The van der Waals surface area contributed by atoms with Crippen LogP contribution in [0.3, 0.4) is 0 Å². The number of hydrazone groups is 1. The molecule has 7 nitrogen and oxygen atoms in total. The van der Waals surface area contributed by atoms with E-state index in [-0.39, 0.29) is 5.91 Å². The molecule has 0 spiro atoms. The number of aromatic nitrogens is 1. The van der Waals surface area contributed by atoms with E-state index < -0.39 is 12.2 Å². The number of nitrogens with one attached hydrogen (secondary N) is 2. The summed E-state index contributed by atoms with van der Waals surface area (Å²) in [5.74, 6) is -0.257. The van der Waals surface area contributed by atoms with Crippen molar-refractivity contribution in [3.63, 3.8) is 0 Å². The van der Waals surface area contributed by atoms with Crippen molar-refractivity contribution < 1.29 is 14.3 Å². The molecular weight excluding hydrogens is 304 g/mol. The molecule has 8 heteroatoms. The Bertz CT molecular complexity index is 725. The van der Waals surface area contributed by atoms with Crippen molar-refractivity contribution in [2.24, 2.45) is 5.10 Å². The van der Waals surface area contributed by atoms with Gasteiger partial charge in [-0.1, -0.05) is 12.1 Å². The number of ether oxygens (including phenoxy) is 1. The first kappa shape index (κ1) is 14.2. The van der Waals surface area contributed by atoms with Gasteiger partial charge >= 0.3 is 6.09 Å². The summed E-state index contributed by atoms with van der Waals surface area (Å²) in [5.41, 5.74) is 6.34. The molecule has 1 aromatic heterocycles. The van der Waals surface area contributed by atoms with Crippen LogP contribution in [0, 0.1) is 0 Å². The SMILES string of the molecule is CC1OC(=O)NN=C1c1ccc(NC(=O)c2cscn2)cc1. The third-order valence-electron chi connectivity index (χ3n) is 3.04. The Hall–Kier alpha value is -2.74. The van der Waals surface area contributed by atoms with E-state index in [1.54, 1.807) is 42.1 Å². The number of amides is 2. The molecular formula is C14H12N4O3S. The molecule has 0 saturated heterocycles. The number of anilines is 1. The molecule has 2 N–H and O–H groups in total. The number of rotatable bonds is 3. The van der Waals surface area contributed by atoms with Crippen molar-refractivity contribution in [3.8, 4) is 0 Å². The fourth-order valence-electron chi connectivity index (χ4n) is 1.98. The summed E-state index contributed by atoms with van der Waals surface area (Å²) >= 11 is 1.36. The molecule has 2 heterocycles. The first-order valence-corrected chi connectivity index (χ1v) is 7.42. The third-order valence-corrected chi connectivity index (χ3v) is 3.63. The molecule has 2 amide bonds. The van der Waals surface area contributed by atoms with Crippen LogP contribution in [0.15, 0.2) is 40.3 Å². The summed E-state index contributed by atoms with van der Waals surface area (Å²) < 4.78 is 5.04. The van der Waals surface area contributed by atoms with Crippen LogP contribution in [0.25, 0.3) is 0 Å². The predicted molar refractivity (Wildman–Crippen MR) is 82.1 cm³/mol. The second-order valence-corrected chi connectivity index (χ2v) is 5.28. The van der Waals surface area contributed by atoms with Crippen LogP contribution in [-0.2, 0) is 4.74 Å². The van der Waals surface area contributed by atoms with E-state index in [1.807, 2.05) is 0 Å². The summed E-state index contributed by atoms with van der Waals surface area (Å²) in [5, 5.41) is 8.43. The highest BCUT2D eigenvalue weighted by molar-refractivity contribution is 7.07. The van der Waals surface area contributed by atoms with Crippen LogP contribution in [-0.4, -0.2) is 28.8 Å². The molecule has 22 heavy (non-hydrogen) atoms. The Morgan fingerprint density at radius 1 is 1.36 bits per heavy atom. The number of carbonyl (C=O) groups excluding carboxylic acids is 2. The van der Waals surface area contributed by atoms with E-state index in [0.717, 1.165) is 5.56 Å². The lowest BCUT2D eigenvalue weighted by Gasteiger charge is -2.20. The van der Waals surface area contributed by atoms with Crippen LogP contribution in [0.5, 0.6) is 0 Å². The van der Waals surface area contributed by atoms with Gasteiger partial charge in [0.2, 0.25) is 0 Å². The van der Waals surface area contributed by atoms with Gasteiger partial charge in [0.25, 0.3) is 5.91 Å². The van der Waals surface area contributed by atoms with E-state index in [4.69, 9.17) is 4.74 Å². The van der Waals surface area contributed by atoms with Gasteiger partial charge in [-0.3, -0.25) is 4.79 Å². The highest BCUT2D eigenvalue weighted by Crippen LogP contribution is 2.15. The zero-order valence-corrected chi connectivity index (χ0v) is 12.4. The van der Waals surface area contributed by atoms with Crippen molar-refractivity contribution in [1.29, 1.82) is 0 Å². The monoisotopic (exact) mass is 316 g/mol.